The maximum atomic E-state index is 13.2. The summed E-state index contributed by atoms with van der Waals surface area (Å²) in [5, 5.41) is 5.56. The molecule has 0 radical (unpaired) electrons. The van der Waals surface area contributed by atoms with Gasteiger partial charge >= 0.3 is 0 Å². The molecule has 3 heteroatoms. The van der Waals surface area contributed by atoms with Gasteiger partial charge in [0, 0.05) is 13.1 Å². The molecule has 0 aliphatic carbocycles. The fourth-order valence-corrected chi connectivity index (χ4v) is 1.91. The molecule has 2 nitrogen and oxygen atoms in total. The predicted octanol–water partition coefficient (Wildman–Crippen LogP) is 2.39. The largest absolute Gasteiger partial charge is 0.287 e. The number of halogens is 1. The van der Waals surface area contributed by atoms with Crippen LogP contribution in [-0.2, 0) is 0 Å². The standard InChI is InChI=1S/C11H13FN2/c1-13-14-8-10(12)7-11(14)9-5-3-2-4-6-9/h2-6,10-11H,1,7-8H2. The van der Waals surface area contributed by atoms with Crippen LogP contribution in [0.4, 0.5) is 4.39 Å². The van der Waals surface area contributed by atoms with Gasteiger partial charge in [-0.05, 0) is 5.56 Å². The number of rotatable bonds is 2. The first kappa shape index (κ1) is 9.19. The topological polar surface area (TPSA) is 15.6 Å². The Bertz CT molecular complexity index is 312. The number of benzene rings is 1. The molecule has 2 atom stereocenters. The Morgan fingerprint density at radius 3 is 2.71 bits per heavy atom. The van der Waals surface area contributed by atoms with Gasteiger partial charge in [0.05, 0.1) is 12.6 Å². The van der Waals surface area contributed by atoms with Gasteiger partial charge in [-0.2, -0.15) is 5.10 Å². The van der Waals surface area contributed by atoms with Crippen LogP contribution in [0.25, 0.3) is 0 Å². The Balaban J connectivity index is 2.22. The highest BCUT2D eigenvalue weighted by Gasteiger charge is 2.31. The van der Waals surface area contributed by atoms with E-state index in [9.17, 15) is 4.39 Å². The number of hydrogen-bond donors (Lipinski definition) is 0. The monoisotopic (exact) mass is 192 g/mol. The van der Waals surface area contributed by atoms with Crippen molar-refractivity contribution in [1.82, 2.24) is 5.01 Å². The summed E-state index contributed by atoms with van der Waals surface area (Å²) in [7, 11) is 0. The molecule has 0 amide bonds. The maximum Gasteiger partial charge on any atom is 0.122 e. The summed E-state index contributed by atoms with van der Waals surface area (Å²) in [5.41, 5.74) is 1.11. The Morgan fingerprint density at radius 2 is 2.07 bits per heavy atom. The summed E-state index contributed by atoms with van der Waals surface area (Å²) in [6.45, 7) is 3.83. The second-order valence-electron chi connectivity index (χ2n) is 3.52. The highest BCUT2D eigenvalue weighted by molar-refractivity contribution is 5.25. The summed E-state index contributed by atoms with van der Waals surface area (Å²) in [6.07, 6.45) is -0.269. The third-order valence-electron chi connectivity index (χ3n) is 2.59. The van der Waals surface area contributed by atoms with Crippen LogP contribution >= 0.6 is 0 Å². The fraction of sp³-hybridized carbons (Fsp3) is 0.364. The molecule has 0 N–H and O–H groups in total. The molecule has 2 unspecified atom stereocenters. The van der Waals surface area contributed by atoms with Crippen molar-refractivity contribution in [3.05, 3.63) is 35.9 Å². The average molecular weight is 192 g/mol. The van der Waals surface area contributed by atoms with E-state index < -0.39 is 6.17 Å². The molecule has 1 aromatic rings. The van der Waals surface area contributed by atoms with Crippen LogP contribution in [-0.4, -0.2) is 24.4 Å². The molecule has 1 fully saturated rings. The van der Waals surface area contributed by atoms with Gasteiger partial charge in [0.25, 0.3) is 0 Å². The molecular formula is C11H13FN2. The molecule has 2 rings (SSSR count). The van der Waals surface area contributed by atoms with Crippen molar-refractivity contribution in [2.75, 3.05) is 6.54 Å². The molecule has 0 saturated carbocycles. The lowest BCUT2D eigenvalue weighted by Gasteiger charge is -2.20. The molecule has 1 saturated heterocycles. The van der Waals surface area contributed by atoms with E-state index in [1.807, 2.05) is 30.3 Å². The lowest BCUT2D eigenvalue weighted by molar-refractivity contribution is 0.260. The zero-order valence-electron chi connectivity index (χ0n) is 7.94. The molecule has 1 aliphatic rings. The van der Waals surface area contributed by atoms with E-state index in [4.69, 9.17) is 0 Å². The van der Waals surface area contributed by atoms with Crippen LogP contribution in [0.5, 0.6) is 0 Å². The van der Waals surface area contributed by atoms with E-state index in [1.54, 1.807) is 5.01 Å². The molecule has 0 spiro atoms. The van der Waals surface area contributed by atoms with Gasteiger partial charge in [-0.15, -0.1) is 0 Å². The van der Waals surface area contributed by atoms with Crippen LogP contribution in [0.15, 0.2) is 35.4 Å². The Morgan fingerprint density at radius 1 is 1.36 bits per heavy atom. The van der Waals surface area contributed by atoms with Crippen molar-refractivity contribution in [2.24, 2.45) is 5.10 Å². The fourth-order valence-electron chi connectivity index (χ4n) is 1.91. The van der Waals surface area contributed by atoms with Crippen LogP contribution in [0.2, 0.25) is 0 Å². The van der Waals surface area contributed by atoms with Crippen LogP contribution in [0, 0.1) is 0 Å². The first-order valence-corrected chi connectivity index (χ1v) is 4.73. The second-order valence-corrected chi connectivity index (χ2v) is 3.52. The minimum atomic E-state index is -0.786. The molecule has 1 heterocycles. The quantitative estimate of drug-likeness (QED) is 0.657. The number of alkyl halides is 1. The van der Waals surface area contributed by atoms with Crippen LogP contribution in [0.3, 0.4) is 0 Å². The minimum Gasteiger partial charge on any atom is -0.287 e. The molecule has 0 bridgehead atoms. The highest BCUT2D eigenvalue weighted by atomic mass is 19.1. The van der Waals surface area contributed by atoms with E-state index in [0.717, 1.165) is 5.56 Å². The van der Waals surface area contributed by atoms with Crippen molar-refractivity contribution in [3.8, 4) is 0 Å². The molecule has 0 aromatic heterocycles. The third kappa shape index (κ3) is 1.62. The maximum absolute atomic E-state index is 13.2. The number of hydrazone groups is 1. The SMILES string of the molecule is C=NN1CC(F)CC1c1ccccc1. The normalized spacial score (nSPS) is 26.5. The molecule has 14 heavy (non-hydrogen) atoms. The van der Waals surface area contributed by atoms with Crippen molar-refractivity contribution in [1.29, 1.82) is 0 Å². The Labute approximate surface area is 83.0 Å². The Kier molecular flexibility index (Phi) is 2.48. The average Bonchev–Trinajstić information content (AvgIpc) is 2.61. The lowest BCUT2D eigenvalue weighted by Crippen LogP contribution is -2.17. The zero-order valence-corrected chi connectivity index (χ0v) is 7.94. The summed E-state index contributed by atoms with van der Waals surface area (Å²) >= 11 is 0. The van der Waals surface area contributed by atoms with Crippen molar-refractivity contribution in [3.63, 3.8) is 0 Å². The van der Waals surface area contributed by atoms with Crippen molar-refractivity contribution in [2.45, 2.75) is 18.6 Å². The first-order valence-electron chi connectivity index (χ1n) is 4.73. The van der Waals surface area contributed by atoms with E-state index in [1.165, 1.54) is 0 Å². The minimum absolute atomic E-state index is 0.0590. The summed E-state index contributed by atoms with van der Waals surface area (Å²) in [5.74, 6) is 0. The van der Waals surface area contributed by atoms with Crippen molar-refractivity contribution < 1.29 is 4.39 Å². The predicted molar refractivity (Wildman–Crippen MR) is 55.0 cm³/mol. The number of hydrogen-bond acceptors (Lipinski definition) is 2. The first-order chi connectivity index (χ1) is 6.81. The van der Waals surface area contributed by atoms with Gasteiger partial charge in [-0.1, -0.05) is 30.3 Å². The van der Waals surface area contributed by atoms with Gasteiger partial charge in [-0.25, -0.2) is 4.39 Å². The molecule has 1 aliphatic heterocycles. The summed E-state index contributed by atoms with van der Waals surface area (Å²) < 4.78 is 13.2. The van der Waals surface area contributed by atoms with Gasteiger partial charge in [0.1, 0.15) is 6.17 Å². The summed E-state index contributed by atoms with van der Waals surface area (Å²) in [6, 6.07) is 9.94. The second kappa shape index (κ2) is 3.78. The lowest BCUT2D eigenvalue weighted by atomic mass is 10.1. The van der Waals surface area contributed by atoms with Gasteiger partial charge < -0.3 is 0 Å². The number of nitrogens with zero attached hydrogens (tertiary/aromatic N) is 2. The van der Waals surface area contributed by atoms with Gasteiger partial charge in [0.2, 0.25) is 0 Å². The zero-order chi connectivity index (χ0) is 9.97. The molecular weight excluding hydrogens is 179 g/mol. The van der Waals surface area contributed by atoms with E-state index >= 15 is 0 Å². The summed E-state index contributed by atoms with van der Waals surface area (Å²) in [4.78, 5) is 0. The van der Waals surface area contributed by atoms with Crippen LogP contribution < -0.4 is 0 Å². The smallest absolute Gasteiger partial charge is 0.122 e. The molecule has 74 valence electrons. The van der Waals surface area contributed by atoms with E-state index in [2.05, 4.69) is 11.8 Å². The third-order valence-corrected chi connectivity index (χ3v) is 2.59. The van der Waals surface area contributed by atoms with Gasteiger partial charge in [0.15, 0.2) is 0 Å². The molecule has 1 aromatic carbocycles. The Hall–Kier alpha value is -1.38. The van der Waals surface area contributed by atoms with E-state index in [0.29, 0.717) is 13.0 Å². The van der Waals surface area contributed by atoms with Crippen LogP contribution in [0.1, 0.15) is 18.0 Å². The van der Waals surface area contributed by atoms with Gasteiger partial charge in [-0.3, -0.25) is 5.01 Å². The van der Waals surface area contributed by atoms with E-state index in [-0.39, 0.29) is 6.04 Å². The van der Waals surface area contributed by atoms with Crippen molar-refractivity contribution >= 4 is 6.72 Å². The highest BCUT2D eigenvalue weighted by Crippen LogP contribution is 2.33.